The summed E-state index contributed by atoms with van der Waals surface area (Å²) in [5, 5.41) is 8.11. The number of anilines is 1. The van der Waals surface area contributed by atoms with Crippen LogP contribution in [0.25, 0.3) is 22.3 Å². The predicted molar refractivity (Wildman–Crippen MR) is 132 cm³/mol. The molecule has 0 radical (unpaired) electrons. The monoisotopic (exact) mass is 474 g/mol. The van der Waals surface area contributed by atoms with Gasteiger partial charge in [0.05, 0.1) is 42.7 Å². The molecule has 180 valence electrons. The summed E-state index contributed by atoms with van der Waals surface area (Å²) in [5.74, 6) is 2.17. The van der Waals surface area contributed by atoms with Crippen molar-refractivity contribution in [3.63, 3.8) is 0 Å². The fourth-order valence-electron chi connectivity index (χ4n) is 4.03. The van der Waals surface area contributed by atoms with Gasteiger partial charge >= 0.3 is 0 Å². The van der Waals surface area contributed by atoms with E-state index in [1.807, 2.05) is 36.7 Å². The van der Waals surface area contributed by atoms with Crippen LogP contribution in [0, 0.1) is 0 Å². The van der Waals surface area contributed by atoms with E-state index in [0.29, 0.717) is 64.2 Å². The smallest absolute Gasteiger partial charge is 0.256 e. The summed E-state index contributed by atoms with van der Waals surface area (Å²) in [4.78, 5) is 18.4. The maximum atomic E-state index is 13.5. The van der Waals surface area contributed by atoms with E-state index in [-0.39, 0.29) is 11.9 Å². The Morgan fingerprint density at radius 1 is 1.03 bits per heavy atom. The molecule has 1 aliphatic rings. The molecule has 0 atom stereocenters. The number of aromatic nitrogens is 3. The van der Waals surface area contributed by atoms with Gasteiger partial charge in [0.2, 0.25) is 0 Å². The number of nitrogens with one attached hydrogen (secondary N) is 1. The van der Waals surface area contributed by atoms with E-state index in [4.69, 9.17) is 23.9 Å². The van der Waals surface area contributed by atoms with Gasteiger partial charge in [-0.3, -0.25) is 4.79 Å². The Morgan fingerprint density at radius 3 is 2.57 bits per heavy atom. The molecule has 0 unspecified atom stereocenters. The predicted octanol–water partition coefficient (Wildman–Crippen LogP) is 4.72. The van der Waals surface area contributed by atoms with Crippen LogP contribution < -0.4 is 24.3 Å². The van der Waals surface area contributed by atoms with Gasteiger partial charge in [0.25, 0.3) is 5.91 Å². The molecule has 0 aliphatic carbocycles. The van der Waals surface area contributed by atoms with Crippen LogP contribution in [0.15, 0.2) is 48.7 Å². The van der Waals surface area contributed by atoms with E-state index in [0.717, 1.165) is 5.56 Å². The van der Waals surface area contributed by atoms with Crippen molar-refractivity contribution in [2.24, 2.45) is 0 Å². The second-order valence-electron chi connectivity index (χ2n) is 8.35. The molecule has 4 aromatic rings. The zero-order valence-corrected chi connectivity index (χ0v) is 20.0. The summed E-state index contributed by atoms with van der Waals surface area (Å²) in [6, 6.07) is 12.7. The SMILES string of the molecule is COc1ccc(NC(=O)c2cc(-c3ccc4c(c3)OCCO4)nc3c2cnn3C(C)C)c(OC)c1. The second kappa shape index (κ2) is 9.17. The molecule has 9 nitrogen and oxygen atoms in total. The van der Waals surface area contributed by atoms with Crippen LogP contribution in [0.5, 0.6) is 23.0 Å². The molecule has 0 bridgehead atoms. The number of benzene rings is 2. The molecule has 0 saturated heterocycles. The van der Waals surface area contributed by atoms with Gasteiger partial charge in [0, 0.05) is 17.7 Å². The number of nitrogens with zero attached hydrogens (tertiary/aromatic N) is 3. The van der Waals surface area contributed by atoms with E-state index >= 15 is 0 Å². The third-order valence-corrected chi connectivity index (χ3v) is 5.80. The Bertz CT molecular complexity index is 1410. The number of carbonyl (C=O) groups is 1. The molecular formula is C26H26N4O5. The Hall–Kier alpha value is -4.27. The molecular weight excluding hydrogens is 448 g/mol. The molecule has 3 heterocycles. The largest absolute Gasteiger partial charge is 0.497 e. The Balaban J connectivity index is 1.60. The van der Waals surface area contributed by atoms with Gasteiger partial charge in [-0.2, -0.15) is 5.10 Å². The molecule has 1 amide bonds. The number of methoxy groups -OCH3 is 2. The highest BCUT2D eigenvalue weighted by Crippen LogP contribution is 2.36. The van der Waals surface area contributed by atoms with Crippen LogP contribution in [-0.4, -0.2) is 48.1 Å². The van der Waals surface area contributed by atoms with Crippen LogP contribution in [0.1, 0.15) is 30.2 Å². The lowest BCUT2D eigenvalue weighted by Crippen LogP contribution is -2.15. The second-order valence-corrected chi connectivity index (χ2v) is 8.35. The van der Waals surface area contributed by atoms with Gasteiger partial charge in [-0.25, -0.2) is 9.67 Å². The summed E-state index contributed by atoms with van der Waals surface area (Å²) in [6.07, 6.45) is 1.68. The number of carbonyl (C=O) groups excluding carboxylic acids is 1. The fourth-order valence-corrected chi connectivity index (χ4v) is 4.03. The van der Waals surface area contributed by atoms with Crippen LogP contribution in [0.2, 0.25) is 0 Å². The first-order valence-corrected chi connectivity index (χ1v) is 11.3. The lowest BCUT2D eigenvalue weighted by Gasteiger charge is -2.19. The van der Waals surface area contributed by atoms with Crippen molar-refractivity contribution in [1.29, 1.82) is 0 Å². The van der Waals surface area contributed by atoms with Gasteiger partial charge in [0.1, 0.15) is 24.7 Å². The molecule has 35 heavy (non-hydrogen) atoms. The summed E-state index contributed by atoms with van der Waals surface area (Å²) in [6.45, 7) is 5.04. The van der Waals surface area contributed by atoms with E-state index in [1.54, 1.807) is 44.7 Å². The Labute approximate surface area is 202 Å². The van der Waals surface area contributed by atoms with Crippen LogP contribution in [-0.2, 0) is 0 Å². The summed E-state index contributed by atoms with van der Waals surface area (Å²) >= 11 is 0. The Kier molecular flexibility index (Phi) is 5.90. The maximum absolute atomic E-state index is 13.5. The molecule has 1 N–H and O–H groups in total. The van der Waals surface area contributed by atoms with Gasteiger partial charge in [-0.1, -0.05) is 0 Å². The fraction of sp³-hybridized carbons (Fsp3) is 0.269. The van der Waals surface area contributed by atoms with Crippen molar-refractivity contribution in [2.75, 3.05) is 32.8 Å². The van der Waals surface area contributed by atoms with E-state index in [2.05, 4.69) is 10.4 Å². The van der Waals surface area contributed by atoms with Crippen LogP contribution in [0.3, 0.4) is 0 Å². The topological polar surface area (TPSA) is 96.7 Å². The third-order valence-electron chi connectivity index (χ3n) is 5.80. The first-order chi connectivity index (χ1) is 17.0. The van der Waals surface area contributed by atoms with Crippen molar-refractivity contribution >= 4 is 22.6 Å². The van der Waals surface area contributed by atoms with E-state index in [1.165, 1.54) is 0 Å². The molecule has 1 aliphatic heterocycles. The number of pyridine rings is 1. The van der Waals surface area contributed by atoms with Crippen molar-refractivity contribution in [3.8, 4) is 34.3 Å². The number of hydrogen-bond donors (Lipinski definition) is 1. The first-order valence-electron chi connectivity index (χ1n) is 11.3. The molecule has 0 spiro atoms. The molecule has 0 fully saturated rings. The molecule has 5 rings (SSSR count). The highest BCUT2D eigenvalue weighted by Gasteiger charge is 2.21. The number of amides is 1. The number of ether oxygens (including phenoxy) is 4. The summed E-state index contributed by atoms with van der Waals surface area (Å²) in [7, 11) is 3.12. The quantitative estimate of drug-likeness (QED) is 0.432. The maximum Gasteiger partial charge on any atom is 0.256 e. The van der Waals surface area contributed by atoms with Crippen LogP contribution >= 0.6 is 0 Å². The highest BCUT2D eigenvalue weighted by atomic mass is 16.6. The van der Waals surface area contributed by atoms with E-state index < -0.39 is 0 Å². The van der Waals surface area contributed by atoms with Crippen molar-refractivity contribution in [1.82, 2.24) is 14.8 Å². The minimum absolute atomic E-state index is 0.0631. The van der Waals surface area contributed by atoms with Crippen LogP contribution in [0.4, 0.5) is 5.69 Å². The number of hydrogen-bond acceptors (Lipinski definition) is 7. The summed E-state index contributed by atoms with van der Waals surface area (Å²) < 4.78 is 23.9. The van der Waals surface area contributed by atoms with Gasteiger partial charge in [-0.05, 0) is 50.2 Å². The lowest BCUT2D eigenvalue weighted by molar-refractivity contribution is 0.102. The lowest BCUT2D eigenvalue weighted by atomic mass is 10.1. The van der Waals surface area contributed by atoms with Gasteiger partial charge in [-0.15, -0.1) is 0 Å². The van der Waals surface area contributed by atoms with Gasteiger partial charge in [0.15, 0.2) is 17.1 Å². The third kappa shape index (κ3) is 4.21. The molecule has 2 aromatic carbocycles. The highest BCUT2D eigenvalue weighted by molar-refractivity contribution is 6.13. The minimum Gasteiger partial charge on any atom is -0.497 e. The van der Waals surface area contributed by atoms with Crippen molar-refractivity contribution < 1.29 is 23.7 Å². The zero-order valence-electron chi connectivity index (χ0n) is 20.0. The average molecular weight is 475 g/mol. The summed E-state index contributed by atoms with van der Waals surface area (Å²) in [5.41, 5.74) is 3.04. The van der Waals surface area contributed by atoms with E-state index in [9.17, 15) is 4.79 Å². The molecule has 0 saturated carbocycles. The minimum atomic E-state index is -0.303. The normalized spacial score (nSPS) is 12.6. The first kappa shape index (κ1) is 22.5. The van der Waals surface area contributed by atoms with Crippen molar-refractivity contribution in [3.05, 3.63) is 54.2 Å². The molecule has 2 aromatic heterocycles. The average Bonchev–Trinajstić information content (AvgIpc) is 3.32. The zero-order chi connectivity index (χ0) is 24.5. The standard InChI is InChI=1S/C26H26N4O5/c1-15(2)30-25-19(14-27-30)18(26(31)29-20-7-6-17(32-3)12-23(20)33-4)13-21(28-25)16-5-8-22-24(11-16)35-10-9-34-22/h5-8,11-15H,9-10H2,1-4H3,(H,29,31). The molecule has 9 heteroatoms. The Morgan fingerprint density at radius 2 is 1.83 bits per heavy atom. The van der Waals surface area contributed by atoms with Gasteiger partial charge < -0.3 is 24.3 Å². The number of fused-ring (bicyclic) bond motifs is 2. The number of rotatable bonds is 6. The van der Waals surface area contributed by atoms with Crippen molar-refractivity contribution in [2.45, 2.75) is 19.9 Å².